The van der Waals surface area contributed by atoms with Crippen LogP contribution in [0.3, 0.4) is 0 Å². The van der Waals surface area contributed by atoms with E-state index in [1.165, 1.54) is 0 Å². The molecule has 0 amide bonds. The molecule has 0 spiro atoms. The Hall–Kier alpha value is -2.35. The van der Waals surface area contributed by atoms with E-state index in [1.54, 1.807) is 0 Å². The van der Waals surface area contributed by atoms with E-state index in [0.29, 0.717) is 13.0 Å². The van der Waals surface area contributed by atoms with Gasteiger partial charge in [0.05, 0.1) is 0 Å². The fraction of sp³-hybridized carbons (Fsp3) is 0.211. The summed E-state index contributed by atoms with van der Waals surface area (Å²) in [6.45, 7) is 0.529. The van der Waals surface area contributed by atoms with Gasteiger partial charge >= 0.3 is 0 Å². The molecule has 0 saturated carbocycles. The van der Waals surface area contributed by atoms with Crippen molar-refractivity contribution in [2.75, 3.05) is 6.61 Å². The molecule has 0 saturated heterocycles. The summed E-state index contributed by atoms with van der Waals surface area (Å²) < 4.78 is 5.73. The van der Waals surface area contributed by atoms with Crippen molar-refractivity contribution in [1.82, 2.24) is 0 Å². The topological polar surface area (TPSA) is 26.3 Å². The number of fused-ring (bicyclic) bond motifs is 1. The number of hydrogen-bond acceptors (Lipinski definition) is 2. The first-order valence-corrected chi connectivity index (χ1v) is 7.33. The van der Waals surface area contributed by atoms with Crippen molar-refractivity contribution in [3.05, 3.63) is 71.3 Å². The number of Topliss-reactive ketones (excluding diaryl/α,β-unsaturated/α-hetero) is 1. The molecule has 0 aromatic heterocycles. The van der Waals surface area contributed by atoms with E-state index in [9.17, 15) is 4.79 Å². The molecule has 21 heavy (non-hydrogen) atoms. The van der Waals surface area contributed by atoms with Crippen LogP contribution in [0, 0.1) is 0 Å². The largest absolute Gasteiger partial charge is 0.490 e. The summed E-state index contributed by atoms with van der Waals surface area (Å²) in [5.74, 6) is 1.09. The minimum absolute atomic E-state index is 0.256. The van der Waals surface area contributed by atoms with E-state index in [1.807, 2.05) is 48.6 Å². The number of rotatable bonds is 4. The van der Waals surface area contributed by atoms with Gasteiger partial charge in [0.1, 0.15) is 12.4 Å². The van der Waals surface area contributed by atoms with Crippen molar-refractivity contribution < 1.29 is 9.53 Å². The molecule has 0 N–H and O–H groups in total. The van der Waals surface area contributed by atoms with Gasteiger partial charge in [-0.2, -0.15) is 0 Å². The molecule has 0 heterocycles. The molecule has 0 unspecified atom stereocenters. The van der Waals surface area contributed by atoms with Crippen LogP contribution in [0.4, 0.5) is 0 Å². The molecule has 0 atom stereocenters. The number of hydrogen-bond donors (Lipinski definition) is 0. The highest BCUT2D eigenvalue weighted by atomic mass is 16.5. The molecule has 0 fully saturated rings. The van der Waals surface area contributed by atoms with Gasteiger partial charge in [-0.05, 0) is 48.2 Å². The zero-order valence-electron chi connectivity index (χ0n) is 11.9. The second kappa shape index (κ2) is 6.40. The second-order valence-electron chi connectivity index (χ2n) is 5.22. The first-order chi connectivity index (χ1) is 10.3. The van der Waals surface area contributed by atoms with Crippen LogP contribution in [-0.2, 0) is 6.42 Å². The van der Waals surface area contributed by atoms with Gasteiger partial charge in [-0.3, -0.25) is 4.79 Å². The Balaban J connectivity index is 1.61. The fourth-order valence-corrected chi connectivity index (χ4v) is 2.61. The predicted octanol–water partition coefficient (Wildman–Crippen LogP) is 4.30. The lowest BCUT2D eigenvalue weighted by atomic mass is 9.91. The van der Waals surface area contributed by atoms with E-state index >= 15 is 0 Å². The van der Waals surface area contributed by atoms with Gasteiger partial charge in [-0.15, -0.1) is 0 Å². The zero-order valence-corrected chi connectivity index (χ0v) is 11.9. The van der Waals surface area contributed by atoms with Crippen LogP contribution in [0.5, 0.6) is 5.75 Å². The maximum absolute atomic E-state index is 11.8. The van der Waals surface area contributed by atoms with E-state index in [2.05, 4.69) is 12.1 Å². The van der Waals surface area contributed by atoms with Crippen LogP contribution in [0.25, 0.3) is 6.08 Å². The van der Waals surface area contributed by atoms with Crippen LogP contribution in [0.2, 0.25) is 0 Å². The Morgan fingerprint density at radius 3 is 2.76 bits per heavy atom. The number of ether oxygens (including phenoxy) is 1. The molecule has 0 bridgehead atoms. The second-order valence-corrected chi connectivity index (χ2v) is 5.22. The normalized spacial score (nSPS) is 14.2. The number of aryl methyl sites for hydroxylation is 1. The van der Waals surface area contributed by atoms with Gasteiger partial charge in [0.25, 0.3) is 0 Å². The number of ketones is 1. The fourth-order valence-electron chi connectivity index (χ4n) is 2.61. The zero-order chi connectivity index (χ0) is 14.5. The highest BCUT2D eigenvalue weighted by Crippen LogP contribution is 2.25. The predicted molar refractivity (Wildman–Crippen MR) is 84.7 cm³/mol. The number of carbonyl (C=O) groups is 1. The standard InChI is InChI=1S/C19H18O2/c20-19-10-4-9-16-14-17(11-12-18(16)19)21-13-5-8-15-6-2-1-3-7-15/h1-3,5-8,11-12,14H,4,9-10,13H2. The van der Waals surface area contributed by atoms with Gasteiger partial charge in [-0.1, -0.05) is 36.4 Å². The quantitative estimate of drug-likeness (QED) is 0.833. The van der Waals surface area contributed by atoms with Crippen LogP contribution < -0.4 is 4.74 Å². The van der Waals surface area contributed by atoms with Gasteiger partial charge in [0, 0.05) is 12.0 Å². The highest BCUT2D eigenvalue weighted by Gasteiger charge is 2.17. The van der Waals surface area contributed by atoms with Crippen molar-refractivity contribution in [2.24, 2.45) is 0 Å². The Morgan fingerprint density at radius 1 is 1.05 bits per heavy atom. The minimum Gasteiger partial charge on any atom is -0.490 e. The molecule has 2 heteroatoms. The summed E-state index contributed by atoms with van der Waals surface area (Å²) in [5, 5.41) is 0. The summed E-state index contributed by atoms with van der Waals surface area (Å²) in [6.07, 6.45) is 6.64. The number of carbonyl (C=O) groups excluding carboxylic acids is 1. The van der Waals surface area contributed by atoms with Crippen LogP contribution in [0.15, 0.2) is 54.6 Å². The molecule has 2 aromatic rings. The average molecular weight is 278 g/mol. The lowest BCUT2D eigenvalue weighted by Gasteiger charge is -2.15. The number of benzene rings is 2. The summed E-state index contributed by atoms with van der Waals surface area (Å²) in [5.41, 5.74) is 3.15. The van der Waals surface area contributed by atoms with Gasteiger partial charge < -0.3 is 4.74 Å². The van der Waals surface area contributed by atoms with E-state index < -0.39 is 0 Å². The first-order valence-electron chi connectivity index (χ1n) is 7.33. The molecule has 2 nitrogen and oxygen atoms in total. The van der Waals surface area contributed by atoms with Crippen LogP contribution >= 0.6 is 0 Å². The molecule has 0 radical (unpaired) electrons. The van der Waals surface area contributed by atoms with E-state index in [-0.39, 0.29) is 5.78 Å². The smallest absolute Gasteiger partial charge is 0.163 e. The molecule has 1 aliphatic rings. The van der Waals surface area contributed by atoms with Gasteiger partial charge in [0.2, 0.25) is 0 Å². The maximum atomic E-state index is 11.8. The molecule has 3 rings (SSSR count). The van der Waals surface area contributed by atoms with Gasteiger partial charge in [0.15, 0.2) is 5.78 Å². The third-order valence-electron chi connectivity index (χ3n) is 3.68. The minimum atomic E-state index is 0.256. The van der Waals surface area contributed by atoms with Crippen molar-refractivity contribution in [3.63, 3.8) is 0 Å². The molecular formula is C19H18O2. The van der Waals surface area contributed by atoms with Crippen LogP contribution in [0.1, 0.15) is 34.3 Å². The van der Waals surface area contributed by atoms with Crippen molar-refractivity contribution in [2.45, 2.75) is 19.3 Å². The Labute approximate surface area is 125 Å². The molecular weight excluding hydrogens is 260 g/mol. The molecule has 1 aliphatic carbocycles. The Kier molecular flexibility index (Phi) is 4.15. The van der Waals surface area contributed by atoms with Crippen LogP contribution in [-0.4, -0.2) is 12.4 Å². The third kappa shape index (κ3) is 3.40. The SMILES string of the molecule is O=C1CCCc2cc(OCC=Cc3ccccc3)ccc21. The molecule has 0 aliphatic heterocycles. The first kappa shape index (κ1) is 13.6. The lowest BCUT2D eigenvalue weighted by molar-refractivity contribution is 0.0972. The van der Waals surface area contributed by atoms with E-state index in [0.717, 1.165) is 35.3 Å². The average Bonchev–Trinajstić information content (AvgIpc) is 2.53. The summed E-state index contributed by atoms with van der Waals surface area (Å²) in [6, 6.07) is 15.9. The summed E-state index contributed by atoms with van der Waals surface area (Å²) >= 11 is 0. The summed E-state index contributed by atoms with van der Waals surface area (Å²) in [7, 11) is 0. The molecule has 2 aromatic carbocycles. The van der Waals surface area contributed by atoms with Crippen molar-refractivity contribution in [1.29, 1.82) is 0 Å². The summed E-state index contributed by atoms with van der Waals surface area (Å²) in [4.78, 5) is 11.8. The Bertz CT molecular complexity index is 657. The monoisotopic (exact) mass is 278 g/mol. The molecule has 106 valence electrons. The van der Waals surface area contributed by atoms with Crippen molar-refractivity contribution >= 4 is 11.9 Å². The van der Waals surface area contributed by atoms with Gasteiger partial charge in [-0.25, -0.2) is 0 Å². The van der Waals surface area contributed by atoms with Crippen molar-refractivity contribution in [3.8, 4) is 5.75 Å². The highest BCUT2D eigenvalue weighted by molar-refractivity contribution is 5.98. The van der Waals surface area contributed by atoms with E-state index in [4.69, 9.17) is 4.74 Å². The third-order valence-corrected chi connectivity index (χ3v) is 3.68. The maximum Gasteiger partial charge on any atom is 0.163 e. The Morgan fingerprint density at radius 2 is 1.90 bits per heavy atom. The lowest BCUT2D eigenvalue weighted by Crippen LogP contribution is -2.10.